The van der Waals surface area contributed by atoms with Crippen LogP contribution in [0.15, 0.2) is 41.3 Å². The van der Waals surface area contributed by atoms with E-state index in [0.717, 1.165) is 17.4 Å². The summed E-state index contributed by atoms with van der Waals surface area (Å²) < 4.78 is 70.5. The average molecular weight is 451 g/mol. The number of ether oxygens (including phenoxy) is 1. The zero-order valence-electron chi connectivity index (χ0n) is 15.7. The van der Waals surface area contributed by atoms with Crippen LogP contribution in [-0.2, 0) is 21.0 Å². The summed E-state index contributed by atoms with van der Waals surface area (Å²) in [6.07, 6.45) is -4.74. The molecule has 2 aromatic rings. The number of hydrogen-bond acceptors (Lipinski definition) is 4. The first-order valence-corrected chi connectivity index (χ1v) is 9.95. The standard InChI is InChI=1S/C18H18ClF3N2O4S/c1-11-8-13(5-7-16(11)28-3)29(26,27)24(2)10-17(25)23-15-6-4-12(19)9-14(15)18(20,21)22/h4-9H,10H2,1-3H3,(H,23,25). The lowest BCUT2D eigenvalue weighted by atomic mass is 10.1. The second-order valence-corrected chi connectivity index (χ2v) is 8.61. The smallest absolute Gasteiger partial charge is 0.418 e. The molecule has 0 saturated heterocycles. The Balaban J connectivity index is 2.20. The molecule has 0 aliphatic carbocycles. The molecule has 1 amide bonds. The van der Waals surface area contributed by atoms with Crippen molar-refractivity contribution < 1.29 is 31.1 Å². The lowest BCUT2D eigenvalue weighted by molar-refractivity contribution is -0.137. The first-order chi connectivity index (χ1) is 13.4. The normalized spacial score (nSPS) is 12.1. The number of carbonyl (C=O) groups excluding carboxylic acids is 1. The number of benzene rings is 2. The number of methoxy groups -OCH3 is 1. The number of amides is 1. The van der Waals surface area contributed by atoms with E-state index in [0.29, 0.717) is 17.4 Å². The highest BCUT2D eigenvalue weighted by Crippen LogP contribution is 2.36. The third kappa shape index (κ3) is 5.40. The summed E-state index contributed by atoms with van der Waals surface area (Å²) >= 11 is 5.60. The quantitative estimate of drug-likeness (QED) is 0.723. The Morgan fingerprint density at radius 3 is 2.41 bits per heavy atom. The Labute approximate surface area is 171 Å². The maximum Gasteiger partial charge on any atom is 0.418 e. The van der Waals surface area contributed by atoms with Gasteiger partial charge in [0.25, 0.3) is 0 Å². The molecule has 6 nitrogen and oxygen atoms in total. The number of nitrogens with one attached hydrogen (secondary N) is 1. The molecule has 0 fully saturated rings. The van der Waals surface area contributed by atoms with Gasteiger partial charge in [-0.1, -0.05) is 11.6 Å². The number of halogens is 4. The summed E-state index contributed by atoms with van der Waals surface area (Å²) in [5.41, 5.74) is -1.07. The SMILES string of the molecule is COc1ccc(S(=O)(=O)N(C)CC(=O)Nc2ccc(Cl)cc2C(F)(F)F)cc1C. The van der Waals surface area contributed by atoms with Crippen LogP contribution in [0.25, 0.3) is 0 Å². The van der Waals surface area contributed by atoms with Crippen LogP contribution < -0.4 is 10.1 Å². The molecule has 2 aromatic carbocycles. The highest BCUT2D eigenvalue weighted by molar-refractivity contribution is 7.89. The van der Waals surface area contributed by atoms with Gasteiger partial charge in [-0.3, -0.25) is 4.79 Å². The van der Waals surface area contributed by atoms with E-state index in [1.807, 2.05) is 0 Å². The maximum atomic E-state index is 13.1. The molecule has 0 aliphatic heterocycles. The van der Waals surface area contributed by atoms with E-state index in [1.165, 1.54) is 31.4 Å². The molecule has 11 heteroatoms. The van der Waals surface area contributed by atoms with Gasteiger partial charge in [0.05, 0.1) is 29.8 Å². The number of rotatable bonds is 6. The Hall–Kier alpha value is -2.30. The van der Waals surface area contributed by atoms with Gasteiger partial charge < -0.3 is 10.1 Å². The van der Waals surface area contributed by atoms with Crippen LogP contribution in [0.5, 0.6) is 5.75 Å². The minimum atomic E-state index is -4.74. The van der Waals surface area contributed by atoms with Gasteiger partial charge in [0, 0.05) is 12.1 Å². The molecule has 0 unspecified atom stereocenters. The highest BCUT2D eigenvalue weighted by atomic mass is 35.5. The number of sulfonamides is 1. The third-order valence-corrected chi connectivity index (χ3v) is 6.04. The summed E-state index contributed by atoms with van der Waals surface area (Å²) in [7, 11) is -1.45. The molecule has 0 spiro atoms. The van der Waals surface area contributed by atoms with E-state index in [9.17, 15) is 26.4 Å². The Kier molecular flexibility index (Phi) is 6.82. The first-order valence-electron chi connectivity index (χ1n) is 8.14. The van der Waals surface area contributed by atoms with Gasteiger partial charge in [0.2, 0.25) is 15.9 Å². The lowest BCUT2D eigenvalue weighted by Crippen LogP contribution is -2.35. The van der Waals surface area contributed by atoms with Gasteiger partial charge in [0.15, 0.2) is 0 Å². The molecule has 0 bridgehead atoms. The largest absolute Gasteiger partial charge is 0.496 e. The van der Waals surface area contributed by atoms with Crippen LogP contribution in [0.4, 0.5) is 18.9 Å². The van der Waals surface area contributed by atoms with Crippen molar-refractivity contribution in [3.8, 4) is 5.75 Å². The first kappa shape index (κ1) is 23.0. The average Bonchev–Trinajstić information content (AvgIpc) is 2.62. The summed E-state index contributed by atoms with van der Waals surface area (Å²) in [4.78, 5) is 12.1. The lowest BCUT2D eigenvalue weighted by Gasteiger charge is -2.19. The van der Waals surface area contributed by atoms with Crippen molar-refractivity contribution in [2.45, 2.75) is 18.0 Å². The van der Waals surface area contributed by atoms with Crippen LogP contribution in [0.3, 0.4) is 0 Å². The fourth-order valence-electron chi connectivity index (χ4n) is 2.53. The number of aryl methyl sites for hydroxylation is 1. The van der Waals surface area contributed by atoms with Crippen LogP contribution >= 0.6 is 11.6 Å². The van der Waals surface area contributed by atoms with E-state index in [4.69, 9.17) is 16.3 Å². The fourth-order valence-corrected chi connectivity index (χ4v) is 3.91. The summed E-state index contributed by atoms with van der Waals surface area (Å²) in [6, 6.07) is 7.04. The van der Waals surface area contributed by atoms with E-state index in [1.54, 1.807) is 6.92 Å². The van der Waals surface area contributed by atoms with Crippen LogP contribution in [0, 0.1) is 6.92 Å². The predicted molar refractivity (Wildman–Crippen MR) is 103 cm³/mol. The Bertz CT molecular complexity index is 1030. The second-order valence-electron chi connectivity index (χ2n) is 6.13. The maximum absolute atomic E-state index is 13.1. The molecule has 0 aliphatic rings. The molecule has 0 radical (unpaired) electrons. The van der Waals surface area contributed by atoms with Crippen molar-refractivity contribution >= 4 is 33.2 Å². The van der Waals surface area contributed by atoms with Gasteiger partial charge in [-0.05, 0) is 48.9 Å². The van der Waals surface area contributed by atoms with Crippen LogP contribution in [-0.4, -0.2) is 39.3 Å². The van der Waals surface area contributed by atoms with Crippen LogP contribution in [0.2, 0.25) is 5.02 Å². The molecular formula is C18H18ClF3N2O4S. The topological polar surface area (TPSA) is 75.7 Å². The van der Waals surface area contributed by atoms with Crippen molar-refractivity contribution in [2.75, 3.05) is 26.0 Å². The number of hydrogen-bond donors (Lipinski definition) is 1. The monoisotopic (exact) mass is 450 g/mol. The zero-order valence-corrected chi connectivity index (χ0v) is 17.2. The van der Waals surface area contributed by atoms with Gasteiger partial charge >= 0.3 is 6.18 Å². The predicted octanol–water partition coefficient (Wildman–Crippen LogP) is 3.94. The molecule has 29 heavy (non-hydrogen) atoms. The van der Waals surface area contributed by atoms with Gasteiger partial charge in [-0.25, -0.2) is 8.42 Å². The number of nitrogens with zero attached hydrogens (tertiary/aromatic N) is 1. The van der Waals surface area contributed by atoms with Crippen molar-refractivity contribution in [3.05, 3.63) is 52.5 Å². The fraction of sp³-hybridized carbons (Fsp3) is 0.278. The Morgan fingerprint density at radius 2 is 1.86 bits per heavy atom. The van der Waals surface area contributed by atoms with Crippen molar-refractivity contribution in [3.63, 3.8) is 0 Å². The molecule has 0 heterocycles. The summed E-state index contributed by atoms with van der Waals surface area (Å²) in [5.74, 6) is -0.444. The molecule has 1 N–H and O–H groups in total. The van der Waals surface area contributed by atoms with Crippen molar-refractivity contribution in [1.82, 2.24) is 4.31 Å². The van der Waals surface area contributed by atoms with E-state index in [2.05, 4.69) is 5.32 Å². The van der Waals surface area contributed by atoms with Gasteiger partial charge in [-0.2, -0.15) is 17.5 Å². The van der Waals surface area contributed by atoms with E-state index in [-0.39, 0.29) is 9.92 Å². The van der Waals surface area contributed by atoms with E-state index < -0.39 is 39.9 Å². The highest BCUT2D eigenvalue weighted by Gasteiger charge is 2.34. The minimum absolute atomic E-state index is 0.0754. The Morgan fingerprint density at radius 1 is 1.21 bits per heavy atom. The van der Waals surface area contributed by atoms with Crippen LogP contribution in [0.1, 0.15) is 11.1 Å². The van der Waals surface area contributed by atoms with E-state index >= 15 is 0 Å². The molecule has 0 aromatic heterocycles. The molecule has 158 valence electrons. The minimum Gasteiger partial charge on any atom is -0.496 e. The molecular weight excluding hydrogens is 433 g/mol. The number of likely N-dealkylation sites (N-methyl/N-ethyl adjacent to an activating group) is 1. The van der Waals surface area contributed by atoms with Crippen molar-refractivity contribution in [2.24, 2.45) is 0 Å². The zero-order chi connectivity index (χ0) is 22.0. The molecule has 0 saturated carbocycles. The molecule has 0 atom stereocenters. The summed E-state index contributed by atoms with van der Waals surface area (Å²) in [6.45, 7) is 0.969. The van der Waals surface area contributed by atoms with Gasteiger partial charge in [-0.15, -0.1) is 0 Å². The number of anilines is 1. The third-order valence-electron chi connectivity index (χ3n) is 4.00. The molecule has 2 rings (SSSR count). The second kappa shape index (κ2) is 8.60. The summed E-state index contributed by atoms with van der Waals surface area (Å²) in [5, 5.41) is 1.94. The number of carbonyl (C=O) groups is 1. The van der Waals surface area contributed by atoms with Gasteiger partial charge in [0.1, 0.15) is 5.75 Å². The number of alkyl halides is 3. The van der Waals surface area contributed by atoms with Crippen molar-refractivity contribution in [1.29, 1.82) is 0 Å².